The smallest absolute Gasteiger partial charge is 0.250 e. The summed E-state index contributed by atoms with van der Waals surface area (Å²) in [6, 6.07) is 9.02. The van der Waals surface area contributed by atoms with Crippen molar-refractivity contribution in [2.24, 2.45) is 5.73 Å². The quantitative estimate of drug-likeness (QED) is 0.675. The van der Waals surface area contributed by atoms with Gasteiger partial charge in [-0.05, 0) is 12.0 Å². The maximum absolute atomic E-state index is 11.5. The number of benzene rings is 1. The van der Waals surface area contributed by atoms with Crippen LogP contribution in [-0.2, 0) is 11.3 Å². The Bertz CT molecular complexity index is 327. The Morgan fingerprint density at radius 3 is 2.62 bits per heavy atom. The highest BCUT2D eigenvalue weighted by atomic mass is 16.3. The van der Waals surface area contributed by atoms with Crippen LogP contribution in [0.1, 0.15) is 18.9 Å². The molecular weight excluding hydrogens is 204 g/mol. The molecule has 0 heterocycles. The fourth-order valence-electron chi connectivity index (χ4n) is 1.31. The highest BCUT2D eigenvalue weighted by Crippen LogP contribution is 1.99. The molecule has 16 heavy (non-hydrogen) atoms. The molecule has 88 valence electrons. The van der Waals surface area contributed by atoms with Crippen LogP contribution in [0.5, 0.6) is 0 Å². The number of hydrogen-bond acceptors (Lipinski definition) is 3. The minimum absolute atomic E-state index is 0.410. The lowest BCUT2D eigenvalue weighted by Crippen LogP contribution is -2.45. The van der Waals surface area contributed by atoms with E-state index in [1.165, 1.54) is 0 Å². The van der Waals surface area contributed by atoms with Crippen LogP contribution in [0, 0.1) is 0 Å². The van der Waals surface area contributed by atoms with E-state index in [2.05, 4.69) is 5.32 Å². The molecule has 0 fully saturated rings. The summed E-state index contributed by atoms with van der Waals surface area (Å²) in [7, 11) is 0. The van der Waals surface area contributed by atoms with Gasteiger partial charge in [-0.3, -0.25) is 4.79 Å². The van der Waals surface area contributed by atoms with Crippen LogP contribution in [0.2, 0.25) is 0 Å². The molecule has 1 rings (SSSR count). The van der Waals surface area contributed by atoms with Gasteiger partial charge in [0.05, 0.1) is 0 Å². The third-order valence-corrected chi connectivity index (χ3v) is 2.46. The molecule has 0 aromatic heterocycles. The molecule has 1 aromatic rings. The van der Waals surface area contributed by atoms with Gasteiger partial charge in [0.25, 0.3) is 5.91 Å². The molecular formula is C12H18N2O2. The average molecular weight is 222 g/mol. The number of nitrogens with two attached hydrogens (primary N) is 1. The summed E-state index contributed by atoms with van der Waals surface area (Å²) in [5.74, 6) is -0.418. The molecule has 4 nitrogen and oxygen atoms in total. The number of aliphatic hydroxyl groups excluding tert-OH is 1. The van der Waals surface area contributed by atoms with Crippen molar-refractivity contribution in [1.82, 2.24) is 5.32 Å². The number of nitrogens with one attached hydrogen (secondary N) is 1. The second-order valence-electron chi connectivity index (χ2n) is 3.72. The standard InChI is InChI=1S/C12H18N2O2/c1-2-10(13)11(15)12(16)14-8-9-6-4-3-5-7-9/h3-7,10-11,15H,2,8,13H2,1H3,(H,14,16)/t10?,11-/m1/s1. The van der Waals surface area contributed by atoms with Crippen molar-refractivity contribution in [3.05, 3.63) is 35.9 Å². The molecule has 0 aliphatic rings. The first-order valence-electron chi connectivity index (χ1n) is 5.40. The van der Waals surface area contributed by atoms with E-state index in [9.17, 15) is 9.90 Å². The zero-order chi connectivity index (χ0) is 12.0. The second-order valence-corrected chi connectivity index (χ2v) is 3.72. The van der Waals surface area contributed by atoms with Crippen molar-refractivity contribution in [3.8, 4) is 0 Å². The lowest BCUT2D eigenvalue weighted by molar-refractivity contribution is -0.130. The van der Waals surface area contributed by atoms with Gasteiger partial charge in [0, 0.05) is 12.6 Å². The van der Waals surface area contributed by atoms with Crippen molar-refractivity contribution < 1.29 is 9.90 Å². The maximum Gasteiger partial charge on any atom is 0.250 e. The Kier molecular flexibility index (Phi) is 4.95. The molecule has 0 aliphatic carbocycles. The largest absolute Gasteiger partial charge is 0.382 e. The van der Waals surface area contributed by atoms with E-state index in [-0.39, 0.29) is 0 Å². The molecule has 0 saturated carbocycles. The van der Waals surface area contributed by atoms with Gasteiger partial charge in [0.15, 0.2) is 0 Å². The SMILES string of the molecule is CCC(N)[C@@H](O)C(=O)NCc1ccccc1. The summed E-state index contributed by atoms with van der Waals surface area (Å²) in [5, 5.41) is 12.2. The van der Waals surface area contributed by atoms with E-state index in [0.717, 1.165) is 5.56 Å². The number of carbonyl (C=O) groups excluding carboxylic acids is 1. The van der Waals surface area contributed by atoms with Gasteiger partial charge in [-0.15, -0.1) is 0 Å². The summed E-state index contributed by atoms with van der Waals surface area (Å²) >= 11 is 0. The number of aliphatic hydroxyl groups is 1. The monoisotopic (exact) mass is 222 g/mol. The normalized spacial score (nSPS) is 14.2. The number of amides is 1. The minimum atomic E-state index is -1.13. The highest BCUT2D eigenvalue weighted by molar-refractivity contribution is 5.81. The fraction of sp³-hybridized carbons (Fsp3) is 0.417. The average Bonchev–Trinajstić information content (AvgIpc) is 2.35. The molecule has 0 aliphatic heterocycles. The van der Waals surface area contributed by atoms with Gasteiger partial charge in [-0.1, -0.05) is 37.3 Å². The molecule has 0 saturated heterocycles. The van der Waals surface area contributed by atoms with Crippen LogP contribution in [0.15, 0.2) is 30.3 Å². The first kappa shape index (κ1) is 12.7. The van der Waals surface area contributed by atoms with E-state index in [1.54, 1.807) is 0 Å². The van der Waals surface area contributed by atoms with E-state index in [0.29, 0.717) is 13.0 Å². The molecule has 1 aromatic carbocycles. The second kappa shape index (κ2) is 6.25. The zero-order valence-electron chi connectivity index (χ0n) is 9.39. The molecule has 1 amide bonds. The van der Waals surface area contributed by atoms with E-state index in [4.69, 9.17) is 5.73 Å². The molecule has 2 atom stereocenters. The van der Waals surface area contributed by atoms with Crippen molar-refractivity contribution in [2.75, 3.05) is 0 Å². The van der Waals surface area contributed by atoms with Crippen molar-refractivity contribution in [3.63, 3.8) is 0 Å². The predicted molar refractivity (Wildman–Crippen MR) is 62.6 cm³/mol. The van der Waals surface area contributed by atoms with Crippen LogP contribution in [0.25, 0.3) is 0 Å². The molecule has 0 spiro atoms. The molecule has 0 radical (unpaired) electrons. The molecule has 1 unspecified atom stereocenters. The summed E-state index contributed by atoms with van der Waals surface area (Å²) in [6.07, 6.45) is -0.561. The van der Waals surface area contributed by atoms with Crippen LogP contribution in [0.3, 0.4) is 0 Å². The van der Waals surface area contributed by atoms with Gasteiger partial charge in [-0.2, -0.15) is 0 Å². The van der Waals surface area contributed by atoms with Crippen molar-refractivity contribution in [1.29, 1.82) is 0 Å². The Morgan fingerprint density at radius 2 is 2.06 bits per heavy atom. The topological polar surface area (TPSA) is 75.3 Å². The van der Waals surface area contributed by atoms with Crippen LogP contribution in [-0.4, -0.2) is 23.2 Å². The Morgan fingerprint density at radius 1 is 1.44 bits per heavy atom. The Balaban J connectivity index is 2.41. The molecule has 0 bridgehead atoms. The van der Waals surface area contributed by atoms with Crippen LogP contribution in [0.4, 0.5) is 0 Å². The summed E-state index contributed by atoms with van der Waals surface area (Å²) in [6.45, 7) is 2.24. The predicted octanol–water partition coefficient (Wildman–Crippen LogP) is 0.401. The number of rotatable bonds is 5. The Hall–Kier alpha value is -1.39. The summed E-state index contributed by atoms with van der Waals surface area (Å²) in [4.78, 5) is 11.5. The third-order valence-electron chi connectivity index (χ3n) is 2.46. The van der Waals surface area contributed by atoms with E-state index < -0.39 is 18.1 Å². The zero-order valence-corrected chi connectivity index (χ0v) is 9.39. The number of carbonyl (C=O) groups is 1. The van der Waals surface area contributed by atoms with Gasteiger partial charge in [0.1, 0.15) is 6.10 Å². The fourth-order valence-corrected chi connectivity index (χ4v) is 1.31. The van der Waals surface area contributed by atoms with Gasteiger partial charge < -0.3 is 16.2 Å². The van der Waals surface area contributed by atoms with Gasteiger partial charge >= 0.3 is 0 Å². The lowest BCUT2D eigenvalue weighted by Gasteiger charge is -2.16. The highest BCUT2D eigenvalue weighted by Gasteiger charge is 2.20. The first-order chi connectivity index (χ1) is 7.65. The molecule has 4 N–H and O–H groups in total. The van der Waals surface area contributed by atoms with Gasteiger partial charge in [-0.25, -0.2) is 0 Å². The number of hydrogen-bond donors (Lipinski definition) is 3. The van der Waals surface area contributed by atoms with Crippen molar-refractivity contribution in [2.45, 2.75) is 32.0 Å². The van der Waals surface area contributed by atoms with Crippen LogP contribution >= 0.6 is 0 Å². The van der Waals surface area contributed by atoms with Crippen molar-refractivity contribution >= 4 is 5.91 Å². The Labute approximate surface area is 95.5 Å². The van der Waals surface area contributed by atoms with Gasteiger partial charge in [0.2, 0.25) is 0 Å². The minimum Gasteiger partial charge on any atom is -0.382 e. The summed E-state index contributed by atoms with van der Waals surface area (Å²) < 4.78 is 0. The lowest BCUT2D eigenvalue weighted by atomic mass is 10.1. The van der Waals surface area contributed by atoms with E-state index >= 15 is 0 Å². The first-order valence-corrected chi connectivity index (χ1v) is 5.40. The van der Waals surface area contributed by atoms with Crippen LogP contribution < -0.4 is 11.1 Å². The summed E-state index contributed by atoms with van der Waals surface area (Å²) in [5.41, 5.74) is 6.57. The third kappa shape index (κ3) is 3.64. The maximum atomic E-state index is 11.5. The molecule has 4 heteroatoms. The van der Waals surface area contributed by atoms with E-state index in [1.807, 2.05) is 37.3 Å².